The summed E-state index contributed by atoms with van der Waals surface area (Å²) in [6.07, 6.45) is 2.65. The van der Waals surface area contributed by atoms with Crippen molar-refractivity contribution in [2.24, 2.45) is 0 Å². The number of carbonyl (C=O) groups is 2. The lowest BCUT2D eigenvalue weighted by molar-refractivity contribution is -0.116. The van der Waals surface area contributed by atoms with E-state index in [-0.39, 0.29) is 24.8 Å². The number of rotatable bonds is 7. The van der Waals surface area contributed by atoms with Crippen LogP contribution in [-0.4, -0.2) is 23.3 Å². The zero-order chi connectivity index (χ0) is 19.9. The molecule has 0 atom stereocenters. The second-order valence-electron chi connectivity index (χ2n) is 6.31. The van der Waals surface area contributed by atoms with Gasteiger partial charge < -0.3 is 10.6 Å². The molecule has 1 heterocycles. The van der Waals surface area contributed by atoms with Crippen LogP contribution in [-0.2, 0) is 11.2 Å². The minimum Gasteiger partial charge on any atom is -0.352 e. The fourth-order valence-electron chi connectivity index (χ4n) is 2.56. The summed E-state index contributed by atoms with van der Waals surface area (Å²) in [5.74, 6) is -0.380. The first-order valence-corrected chi connectivity index (χ1v) is 10.0. The highest BCUT2D eigenvalue weighted by Gasteiger charge is 2.09. The predicted octanol–water partition coefficient (Wildman–Crippen LogP) is 4.45. The Morgan fingerprint density at radius 1 is 1.14 bits per heavy atom. The van der Waals surface area contributed by atoms with Gasteiger partial charge in [0.15, 0.2) is 5.13 Å². The molecule has 0 saturated heterocycles. The van der Waals surface area contributed by atoms with Gasteiger partial charge in [0.2, 0.25) is 5.91 Å². The number of aromatic nitrogens is 1. The van der Waals surface area contributed by atoms with Gasteiger partial charge in [0.25, 0.3) is 5.91 Å². The van der Waals surface area contributed by atoms with Gasteiger partial charge in [-0.25, -0.2) is 4.98 Å². The standard InChI is InChI=1S/C21H20ClN3O2S/c1-14-7-8-15(12-18(14)22)11-17-13-24-21(28-17)25-19(26)9-10-23-20(27)16-5-3-2-4-6-16/h2-8,12-13H,9-11H2,1H3,(H,23,27)(H,24,25,26). The highest BCUT2D eigenvalue weighted by Crippen LogP contribution is 2.24. The van der Waals surface area contributed by atoms with Gasteiger partial charge in [-0.15, -0.1) is 11.3 Å². The Bertz CT molecular complexity index is 973. The van der Waals surface area contributed by atoms with Gasteiger partial charge in [0.1, 0.15) is 0 Å². The van der Waals surface area contributed by atoms with Crippen molar-refractivity contribution in [1.29, 1.82) is 0 Å². The number of halogens is 1. The lowest BCUT2D eigenvalue weighted by Gasteiger charge is -2.05. The second kappa shape index (κ2) is 9.48. The molecular formula is C21H20ClN3O2S. The molecule has 0 radical (unpaired) electrons. The lowest BCUT2D eigenvalue weighted by Crippen LogP contribution is -2.27. The van der Waals surface area contributed by atoms with E-state index in [0.717, 1.165) is 21.0 Å². The van der Waals surface area contributed by atoms with Crippen molar-refractivity contribution in [2.75, 3.05) is 11.9 Å². The average Bonchev–Trinajstić information content (AvgIpc) is 3.12. The second-order valence-corrected chi connectivity index (χ2v) is 7.83. The summed E-state index contributed by atoms with van der Waals surface area (Å²) in [7, 11) is 0. The van der Waals surface area contributed by atoms with Crippen LogP contribution in [0.2, 0.25) is 5.02 Å². The van der Waals surface area contributed by atoms with E-state index in [2.05, 4.69) is 15.6 Å². The number of anilines is 1. The average molecular weight is 414 g/mol. The van der Waals surface area contributed by atoms with Gasteiger partial charge in [-0.05, 0) is 36.2 Å². The van der Waals surface area contributed by atoms with Crippen LogP contribution < -0.4 is 10.6 Å². The number of nitrogens with zero attached hydrogens (tertiary/aromatic N) is 1. The molecule has 0 saturated carbocycles. The first-order valence-electron chi connectivity index (χ1n) is 8.84. The van der Waals surface area contributed by atoms with Crippen molar-refractivity contribution in [2.45, 2.75) is 19.8 Å². The van der Waals surface area contributed by atoms with Gasteiger partial charge in [-0.1, -0.05) is 41.9 Å². The van der Waals surface area contributed by atoms with Crippen LogP contribution >= 0.6 is 22.9 Å². The Balaban J connectivity index is 1.46. The van der Waals surface area contributed by atoms with Gasteiger partial charge >= 0.3 is 0 Å². The van der Waals surface area contributed by atoms with Crippen LogP contribution in [0.25, 0.3) is 0 Å². The Kier molecular flexibility index (Phi) is 6.79. The number of hydrogen-bond acceptors (Lipinski definition) is 4. The van der Waals surface area contributed by atoms with Gasteiger partial charge in [0.05, 0.1) is 0 Å². The molecule has 0 aliphatic heterocycles. The van der Waals surface area contributed by atoms with E-state index in [1.807, 2.05) is 31.2 Å². The lowest BCUT2D eigenvalue weighted by atomic mass is 10.1. The fourth-order valence-corrected chi connectivity index (χ4v) is 3.62. The Hall–Kier alpha value is -2.70. The van der Waals surface area contributed by atoms with E-state index in [1.165, 1.54) is 11.3 Å². The molecule has 0 spiro atoms. The van der Waals surface area contributed by atoms with E-state index in [4.69, 9.17) is 11.6 Å². The molecule has 3 aromatic rings. The van der Waals surface area contributed by atoms with E-state index >= 15 is 0 Å². The van der Waals surface area contributed by atoms with Gasteiger partial charge in [-0.2, -0.15) is 0 Å². The van der Waals surface area contributed by atoms with Crippen LogP contribution in [0.3, 0.4) is 0 Å². The molecule has 2 amide bonds. The summed E-state index contributed by atoms with van der Waals surface area (Å²) in [4.78, 5) is 29.3. The molecule has 0 aliphatic carbocycles. The molecular weight excluding hydrogens is 394 g/mol. The van der Waals surface area contributed by atoms with Crippen LogP contribution in [0, 0.1) is 6.92 Å². The maximum absolute atomic E-state index is 12.1. The third-order valence-electron chi connectivity index (χ3n) is 4.09. The Morgan fingerprint density at radius 2 is 1.93 bits per heavy atom. The number of amides is 2. The number of carbonyl (C=O) groups excluding carboxylic acids is 2. The highest BCUT2D eigenvalue weighted by molar-refractivity contribution is 7.15. The SMILES string of the molecule is Cc1ccc(Cc2cnc(NC(=O)CCNC(=O)c3ccccc3)s2)cc1Cl. The number of nitrogens with one attached hydrogen (secondary N) is 2. The first-order chi connectivity index (χ1) is 13.5. The van der Waals surface area contributed by atoms with Crippen molar-refractivity contribution in [3.8, 4) is 0 Å². The molecule has 0 aliphatic rings. The van der Waals surface area contributed by atoms with Crippen LogP contribution in [0.4, 0.5) is 5.13 Å². The summed E-state index contributed by atoms with van der Waals surface area (Å²) in [5, 5.41) is 6.80. The van der Waals surface area contributed by atoms with Crippen molar-refractivity contribution >= 4 is 39.9 Å². The fraction of sp³-hybridized carbons (Fsp3) is 0.190. The molecule has 3 rings (SSSR count). The Morgan fingerprint density at radius 3 is 2.68 bits per heavy atom. The molecule has 5 nitrogen and oxygen atoms in total. The molecule has 0 fully saturated rings. The van der Waals surface area contributed by atoms with E-state index in [1.54, 1.807) is 30.5 Å². The minimum atomic E-state index is -0.193. The summed E-state index contributed by atoms with van der Waals surface area (Å²) < 4.78 is 0. The molecule has 28 heavy (non-hydrogen) atoms. The molecule has 1 aromatic heterocycles. The number of benzene rings is 2. The first kappa shape index (κ1) is 20.0. The monoisotopic (exact) mass is 413 g/mol. The van der Waals surface area contributed by atoms with Crippen molar-refractivity contribution in [3.05, 3.63) is 81.3 Å². The number of hydrogen-bond donors (Lipinski definition) is 2. The van der Waals surface area contributed by atoms with Crippen LogP contribution in [0.1, 0.15) is 32.8 Å². The van der Waals surface area contributed by atoms with Crippen molar-refractivity contribution in [3.63, 3.8) is 0 Å². The number of aryl methyl sites for hydroxylation is 1. The third kappa shape index (κ3) is 5.65. The summed E-state index contributed by atoms with van der Waals surface area (Å²) in [6, 6.07) is 14.9. The zero-order valence-corrected chi connectivity index (χ0v) is 16.9. The van der Waals surface area contributed by atoms with E-state index < -0.39 is 0 Å². The predicted molar refractivity (Wildman–Crippen MR) is 113 cm³/mol. The summed E-state index contributed by atoms with van der Waals surface area (Å²) in [6.45, 7) is 2.23. The summed E-state index contributed by atoms with van der Waals surface area (Å²) in [5.41, 5.74) is 2.71. The van der Waals surface area contributed by atoms with Gasteiger partial charge in [-0.3, -0.25) is 9.59 Å². The molecule has 0 bridgehead atoms. The smallest absolute Gasteiger partial charge is 0.251 e. The minimum absolute atomic E-state index is 0.182. The highest BCUT2D eigenvalue weighted by atomic mass is 35.5. The van der Waals surface area contributed by atoms with E-state index in [9.17, 15) is 9.59 Å². The molecule has 144 valence electrons. The molecule has 2 N–H and O–H groups in total. The van der Waals surface area contributed by atoms with E-state index in [0.29, 0.717) is 17.1 Å². The number of thiazole rings is 1. The maximum Gasteiger partial charge on any atom is 0.251 e. The zero-order valence-electron chi connectivity index (χ0n) is 15.4. The molecule has 0 unspecified atom stereocenters. The normalized spacial score (nSPS) is 10.5. The maximum atomic E-state index is 12.1. The largest absolute Gasteiger partial charge is 0.352 e. The van der Waals surface area contributed by atoms with Crippen molar-refractivity contribution < 1.29 is 9.59 Å². The quantitative estimate of drug-likeness (QED) is 0.601. The third-order valence-corrected chi connectivity index (χ3v) is 5.41. The van der Waals surface area contributed by atoms with Crippen LogP contribution in [0.15, 0.2) is 54.7 Å². The molecule has 2 aromatic carbocycles. The summed E-state index contributed by atoms with van der Waals surface area (Å²) >= 11 is 7.59. The van der Waals surface area contributed by atoms with Gasteiger partial charge in [0, 0.05) is 41.0 Å². The Labute approximate surface area is 172 Å². The van der Waals surface area contributed by atoms with Crippen molar-refractivity contribution in [1.82, 2.24) is 10.3 Å². The van der Waals surface area contributed by atoms with Crippen LogP contribution in [0.5, 0.6) is 0 Å². The topological polar surface area (TPSA) is 71.1 Å². The molecule has 7 heteroatoms.